The van der Waals surface area contributed by atoms with Gasteiger partial charge in [-0.15, -0.1) is 0 Å². The van der Waals surface area contributed by atoms with Crippen LogP contribution < -0.4 is 0 Å². The Labute approximate surface area is 62.6 Å². The lowest BCUT2D eigenvalue weighted by Gasteiger charge is -2.03. The third kappa shape index (κ3) is 4.50. The SMILES string of the molecule is CCCOCC(=O)C(C)C. The van der Waals surface area contributed by atoms with Crippen LogP contribution in [-0.4, -0.2) is 19.0 Å². The van der Waals surface area contributed by atoms with Gasteiger partial charge in [-0.2, -0.15) is 0 Å². The maximum Gasteiger partial charge on any atom is 0.160 e. The van der Waals surface area contributed by atoms with Crippen molar-refractivity contribution in [1.82, 2.24) is 0 Å². The first-order valence-electron chi connectivity index (χ1n) is 3.79. The highest BCUT2D eigenvalue weighted by molar-refractivity contribution is 5.81. The molecule has 60 valence electrons. The molecule has 0 heterocycles. The van der Waals surface area contributed by atoms with Gasteiger partial charge in [-0.3, -0.25) is 4.79 Å². The molecule has 0 fully saturated rings. The van der Waals surface area contributed by atoms with Crippen LogP contribution in [0.25, 0.3) is 0 Å². The van der Waals surface area contributed by atoms with E-state index < -0.39 is 0 Å². The largest absolute Gasteiger partial charge is 0.374 e. The highest BCUT2D eigenvalue weighted by atomic mass is 16.5. The van der Waals surface area contributed by atoms with Gasteiger partial charge in [0.1, 0.15) is 6.61 Å². The molecule has 0 aliphatic heterocycles. The highest BCUT2D eigenvalue weighted by Gasteiger charge is 2.05. The average molecular weight is 144 g/mol. The first kappa shape index (κ1) is 9.63. The molecule has 0 aliphatic carbocycles. The molecule has 0 aromatic rings. The second-order valence-corrected chi connectivity index (χ2v) is 2.67. The van der Waals surface area contributed by atoms with Gasteiger partial charge in [0.2, 0.25) is 0 Å². The van der Waals surface area contributed by atoms with Crippen molar-refractivity contribution in [2.24, 2.45) is 5.92 Å². The summed E-state index contributed by atoms with van der Waals surface area (Å²) >= 11 is 0. The van der Waals surface area contributed by atoms with E-state index in [1.54, 1.807) is 0 Å². The number of ketones is 1. The Balaban J connectivity index is 3.22. The van der Waals surface area contributed by atoms with E-state index in [0.29, 0.717) is 6.61 Å². The standard InChI is InChI=1S/C8H16O2/c1-4-5-10-6-8(9)7(2)3/h7H,4-6H2,1-3H3. The van der Waals surface area contributed by atoms with E-state index in [0.717, 1.165) is 6.42 Å². The van der Waals surface area contributed by atoms with E-state index in [9.17, 15) is 4.79 Å². The molecule has 10 heavy (non-hydrogen) atoms. The Morgan fingerprint density at radius 1 is 1.50 bits per heavy atom. The molecular formula is C8H16O2. The van der Waals surface area contributed by atoms with Gasteiger partial charge >= 0.3 is 0 Å². The topological polar surface area (TPSA) is 26.3 Å². The fourth-order valence-corrected chi connectivity index (χ4v) is 0.484. The lowest BCUT2D eigenvalue weighted by atomic mass is 10.1. The number of ether oxygens (including phenoxy) is 1. The Morgan fingerprint density at radius 2 is 2.10 bits per heavy atom. The number of rotatable bonds is 5. The molecule has 0 amide bonds. The molecule has 2 nitrogen and oxygen atoms in total. The maximum atomic E-state index is 10.9. The van der Waals surface area contributed by atoms with Gasteiger partial charge in [-0.05, 0) is 6.42 Å². The van der Waals surface area contributed by atoms with Crippen LogP contribution >= 0.6 is 0 Å². The smallest absolute Gasteiger partial charge is 0.160 e. The van der Waals surface area contributed by atoms with Gasteiger partial charge in [0.05, 0.1) is 0 Å². The minimum atomic E-state index is 0.108. The van der Waals surface area contributed by atoms with Crippen LogP contribution in [-0.2, 0) is 9.53 Å². The van der Waals surface area contributed by atoms with Crippen molar-refractivity contribution in [3.05, 3.63) is 0 Å². The van der Waals surface area contributed by atoms with Gasteiger partial charge in [-0.1, -0.05) is 20.8 Å². The predicted octanol–water partition coefficient (Wildman–Crippen LogP) is 1.64. The van der Waals surface area contributed by atoms with Crippen molar-refractivity contribution >= 4 is 5.78 Å². The zero-order valence-corrected chi connectivity index (χ0v) is 7.02. The molecule has 0 saturated heterocycles. The summed E-state index contributed by atoms with van der Waals surface area (Å²) in [5.74, 6) is 0.297. The van der Waals surface area contributed by atoms with E-state index in [2.05, 4.69) is 0 Å². The van der Waals surface area contributed by atoms with Crippen LogP contribution in [0.2, 0.25) is 0 Å². The van der Waals surface area contributed by atoms with Gasteiger partial charge in [0.15, 0.2) is 5.78 Å². The molecule has 0 aliphatic rings. The molecule has 0 bridgehead atoms. The van der Waals surface area contributed by atoms with Crippen LogP contribution in [0.3, 0.4) is 0 Å². The molecule has 0 spiro atoms. The maximum absolute atomic E-state index is 10.9. The summed E-state index contributed by atoms with van der Waals surface area (Å²) in [7, 11) is 0. The number of carbonyl (C=O) groups excluding carboxylic acids is 1. The van der Waals surface area contributed by atoms with Crippen molar-refractivity contribution in [3.63, 3.8) is 0 Å². The van der Waals surface area contributed by atoms with Crippen molar-refractivity contribution in [2.75, 3.05) is 13.2 Å². The monoisotopic (exact) mass is 144 g/mol. The number of carbonyl (C=O) groups is 1. The molecule has 0 radical (unpaired) electrons. The van der Waals surface area contributed by atoms with Gasteiger partial charge in [-0.25, -0.2) is 0 Å². The summed E-state index contributed by atoms with van der Waals surface area (Å²) in [5.41, 5.74) is 0. The zero-order chi connectivity index (χ0) is 7.98. The first-order chi connectivity index (χ1) is 4.68. The quantitative estimate of drug-likeness (QED) is 0.548. The molecular weight excluding hydrogens is 128 g/mol. The van der Waals surface area contributed by atoms with Gasteiger partial charge in [0, 0.05) is 12.5 Å². The summed E-state index contributed by atoms with van der Waals surface area (Å²) in [4.78, 5) is 10.9. The normalized spacial score (nSPS) is 10.4. The summed E-state index contributed by atoms with van der Waals surface area (Å²) in [6.45, 7) is 6.78. The summed E-state index contributed by atoms with van der Waals surface area (Å²) in [5, 5.41) is 0. The van der Waals surface area contributed by atoms with Crippen LogP contribution in [0.15, 0.2) is 0 Å². The minimum absolute atomic E-state index is 0.108. The summed E-state index contributed by atoms with van der Waals surface area (Å²) < 4.78 is 5.06. The van der Waals surface area contributed by atoms with E-state index in [1.165, 1.54) is 0 Å². The summed E-state index contributed by atoms with van der Waals surface area (Å²) in [6.07, 6.45) is 0.978. The van der Waals surface area contributed by atoms with Gasteiger partial charge in [0.25, 0.3) is 0 Å². The van der Waals surface area contributed by atoms with Crippen LogP contribution in [0.1, 0.15) is 27.2 Å². The second-order valence-electron chi connectivity index (χ2n) is 2.67. The fraction of sp³-hybridized carbons (Fsp3) is 0.875. The first-order valence-corrected chi connectivity index (χ1v) is 3.79. The fourth-order valence-electron chi connectivity index (χ4n) is 0.484. The van der Waals surface area contributed by atoms with Crippen molar-refractivity contribution in [3.8, 4) is 0 Å². The van der Waals surface area contributed by atoms with E-state index in [1.807, 2.05) is 20.8 Å². The number of hydrogen-bond donors (Lipinski definition) is 0. The Morgan fingerprint density at radius 3 is 2.50 bits per heavy atom. The van der Waals surface area contributed by atoms with Crippen LogP contribution in [0, 0.1) is 5.92 Å². The molecule has 0 saturated carbocycles. The van der Waals surface area contributed by atoms with Crippen molar-refractivity contribution in [1.29, 1.82) is 0 Å². The Kier molecular flexibility index (Phi) is 5.22. The van der Waals surface area contributed by atoms with Crippen LogP contribution in [0.4, 0.5) is 0 Å². The minimum Gasteiger partial charge on any atom is -0.374 e. The lowest BCUT2D eigenvalue weighted by molar-refractivity contribution is -0.126. The molecule has 0 unspecified atom stereocenters. The van der Waals surface area contributed by atoms with E-state index >= 15 is 0 Å². The molecule has 2 heteroatoms. The Hall–Kier alpha value is -0.370. The lowest BCUT2D eigenvalue weighted by Crippen LogP contribution is -2.14. The molecule has 0 aromatic carbocycles. The molecule has 0 atom stereocenters. The highest BCUT2D eigenvalue weighted by Crippen LogP contribution is 1.94. The molecule has 0 aromatic heterocycles. The van der Waals surface area contributed by atoms with Crippen molar-refractivity contribution < 1.29 is 9.53 Å². The molecule has 0 N–H and O–H groups in total. The third-order valence-electron chi connectivity index (χ3n) is 1.24. The van der Waals surface area contributed by atoms with E-state index in [-0.39, 0.29) is 18.3 Å². The van der Waals surface area contributed by atoms with Gasteiger partial charge < -0.3 is 4.74 Å². The average Bonchev–Trinajstić information content (AvgIpc) is 1.88. The predicted molar refractivity (Wildman–Crippen MR) is 41.0 cm³/mol. The second kappa shape index (κ2) is 5.42. The van der Waals surface area contributed by atoms with Crippen LogP contribution in [0.5, 0.6) is 0 Å². The Bertz CT molecular complexity index is 97.4. The number of hydrogen-bond acceptors (Lipinski definition) is 2. The molecule has 0 rings (SSSR count). The summed E-state index contributed by atoms with van der Waals surface area (Å²) in [6, 6.07) is 0. The zero-order valence-electron chi connectivity index (χ0n) is 7.02. The number of Topliss-reactive ketones (excluding diaryl/α,β-unsaturated/α-hetero) is 1. The third-order valence-corrected chi connectivity index (χ3v) is 1.24. The van der Waals surface area contributed by atoms with Crippen molar-refractivity contribution in [2.45, 2.75) is 27.2 Å². The van der Waals surface area contributed by atoms with E-state index in [4.69, 9.17) is 4.74 Å².